The number of hydrogen-bond acceptors (Lipinski definition) is 3. The second kappa shape index (κ2) is 6.11. The van der Waals surface area contributed by atoms with E-state index in [1.54, 1.807) is 11.0 Å². The van der Waals surface area contributed by atoms with Crippen LogP contribution in [0.4, 0.5) is 0 Å². The number of thioether (sulfide) groups is 1. The Morgan fingerprint density at radius 2 is 2.22 bits per heavy atom. The molecule has 96 valence electrons. The SMILES string of the molecule is O=C(CN1CSCC1=O)NCc1ccccc1Cl. The lowest BCUT2D eigenvalue weighted by Crippen LogP contribution is -2.37. The number of carbonyl (C=O) groups excluding carboxylic acids is 2. The largest absolute Gasteiger partial charge is 0.350 e. The smallest absolute Gasteiger partial charge is 0.239 e. The van der Waals surface area contributed by atoms with E-state index in [-0.39, 0.29) is 18.4 Å². The fraction of sp³-hybridized carbons (Fsp3) is 0.333. The first-order valence-corrected chi connectivity index (χ1v) is 7.05. The highest BCUT2D eigenvalue weighted by Crippen LogP contribution is 2.15. The summed E-state index contributed by atoms with van der Waals surface area (Å²) in [6, 6.07) is 7.35. The lowest BCUT2D eigenvalue weighted by Gasteiger charge is -2.14. The Bertz CT molecular complexity index is 467. The van der Waals surface area contributed by atoms with Crippen LogP contribution < -0.4 is 5.32 Å². The van der Waals surface area contributed by atoms with Crippen LogP contribution in [0.5, 0.6) is 0 Å². The van der Waals surface area contributed by atoms with Gasteiger partial charge in [0.2, 0.25) is 11.8 Å². The zero-order valence-electron chi connectivity index (χ0n) is 9.69. The molecule has 0 unspecified atom stereocenters. The number of nitrogens with zero attached hydrogens (tertiary/aromatic N) is 1. The molecule has 1 aliphatic rings. The van der Waals surface area contributed by atoms with Crippen LogP contribution in [0.25, 0.3) is 0 Å². The van der Waals surface area contributed by atoms with Gasteiger partial charge in [-0.1, -0.05) is 29.8 Å². The average molecular weight is 285 g/mol. The molecule has 0 bridgehead atoms. The first kappa shape index (κ1) is 13.2. The average Bonchev–Trinajstić information content (AvgIpc) is 2.74. The monoisotopic (exact) mass is 284 g/mol. The zero-order valence-corrected chi connectivity index (χ0v) is 11.3. The molecule has 1 N–H and O–H groups in total. The Hall–Kier alpha value is -1.20. The van der Waals surface area contributed by atoms with E-state index in [1.807, 2.05) is 18.2 Å². The van der Waals surface area contributed by atoms with E-state index >= 15 is 0 Å². The summed E-state index contributed by atoms with van der Waals surface area (Å²) in [6.45, 7) is 0.504. The summed E-state index contributed by atoms with van der Waals surface area (Å²) in [5.74, 6) is 0.925. The van der Waals surface area contributed by atoms with Crippen molar-refractivity contribution < 1.29 is 9.59 Å². The van der Waals surface area contributed by atoms with Crippen molar-refractivity contribution in [1.29, 1.82) is 0 Å². The number of halogens is 1. The molecule has 1 heterocycles. The van der Waals surface area contributed by atoms with Gasteiger partial charge in [-0.05, 0) is 11.6 Å². The molecule has 1 saturated heterocycles. The summed E-state index contributed by atoms with van der Waals surface area (Å²) in [7, 11) is 0. The molecule has 6 heteroatoms. The van der Waals surface area contributed by atoms with Gasteiger partial charge in [-0.25, -0.2) is 0 Å². The van der Waals surface area contributed by atoms with Gasteiger partial charge < -0.3 is 10.2 Å². The van der Waals surface area contributed by atoms with Crippen LogP contribution in [0.15, 0.2) is 24.3 Å². The van der Waals surface area contributed by atoms with Gasteiger partial charge in [0.05, 0.1) is 11.6 Å². The fourth-order valence-electron chi connectivity index (χ4n) is 1.61. The summed E-state index contributed by atoms with van der Waals surface area (Å²) in [5, 5.41) is 3.39. The minimum absolute atomic E-state index is 0.0212. The lowest BCUT2D eigenvalue weighted by molar-refractivity contribution is -0.132. The molecule has 4 nitrogen and oxygen atoms in total. The molecule has 0 saturated carbocycles. The van der Waals surface area contributed by atoms with Crippen molar-refractivity contribution in [3.05, 3.63) is 34.9 Å². The molecule has 1 aromatic carbocycles. The summed E-state index contributed by atoms with van der Waals surface area (Å²) >= 11 is 7.51. The Morgan fingerprint density at radius 1 is 1.44 bits per heavy atom. The predicted octanol–water partition coefficient (Wildman–Crippen LogP) is 1.49. The molecule has 18 heavy (non-hydrogen) atoms. The molecular weight excluding hydrogens is 272 g/mol. The first-order chi connectivity index (χ1) is 8.66. The third-order valence-electron chi connectivity index (χ3n) is 2.59. The van der Waals surface area contributed by atoms with Crippen LogP contribution in [-0.2, 0) is 16.1 Å². The molecule has 1 aromatic rings. The number of benzene rings is 1. The van der Waals surface area contributed by atoms with E-state index in [0.717, 1.165) is 5.56 Å². The highest BCUT2D eigenvalue weighted by atomic mass is 35.5. The van der Waals surface area contributed by atoms with E-state index in [0.29, 0.717) is 23.2 Å². The zero-order chi connectivity index (χ0) is 13.0. The summed E-state index contributed by atoms with van der Waals surface area (Å²) in [4.78, 5) is 24.6. The molecule has 1 fully saturated rings. The van der Waals surface area contributed by atoms with Gasteiger partial charge >= 0.3 is 0 Å². The van der Waals surface area contributed by atoms with Crippen molar-refractivity contribution in [3.8, 4) is 0 Å². The Morgan fingerprint density at radius 3 is 2.89 bits per heavy atom. The third kappa shape index (κ3) is 3.40. The van der Waals surface area contributed by atoms with Crippen LogP contribution in [0.3, 0.4) is 0 Å². The van der Waals surface area contributed by atoms with Crippen molar-refractivity contribution in [1.82, 2.24) is 10.2 Å². The summed E-state index contributed by atoms with van der Waals surface area (Å²) in [6.07, 6.45) is 0. The minimum Gasteiger partial charge on any atom is -0.350 e. The lowest BCUT2D eigenvalue weighted by atomic mass is 10.2. The van der Waals surface area contributed by atoms with Crippen molar-refractivity contribution in [3.63, 3.8) is 0 Å². The van der Waals surface area contributed by atoms with Crippen LogP contribution in [-0.4, -0.2) is 34.9 Å². The van der Waals surface area contributed by atoms with Gasteiger partial charge in [0.25, 0.3) is 0 Å². The minimum atomic E-state index is -0.161. The molecule has 0 aliphatic carbocycles. The first-order valence-electron chi connectivity index (χ1n) is 5.52. The number of hydrogen-bond donors (Lipinski definition) is 1. The summed E-state index contributed by atoms with van der Waals surface area (Å²) in [5.41, 5.74) is 0.870. The molecule has 0 spiro atoms. The van der Waals surface area contributed by atoms with E-state index in [2.05, 4.69) is 5.32 Å². The molecule has 2 amide bonds. The Balaban J connectivity index is 1.82. The molecular formula is C12H13ClN2O2S. The van der Waals surface area contributed by atoms with Crippen molar-refractivity contribution in [2.24, 2.45) is 0 Å². The molecule has 0 atom stereocenters. The molecule has 0 radical (unpaired) electrons. The Kier molecular flexibility index (Phi) is 4.49. The van der Waals surface area contributed by atoms with Gasteiger partial charge in [0.1, 0.15) is 6.54 Å². The number of nitrogens with one attached hydrogen (secondary N) is 1. The molecule has 1 aliphatic heterocycles. The van der Waals surface area contributed by atoms with Gasteiger partial charge in [0.15, 0.2) is 0 Å². The van der Waals surface area contributed by atoms with Crippen LogP contribution in [0, 0.1) is 0 Å². The topological polar surface area (TPSA) is 49.4 Å². The van der Waals surface area contributed by atoms with Gasteiger partial charge in [-0.2, -0.15) is 0 Å². The number of carbonyl (C=O) groups is 2. The van der Waals surface area contributed by atoms with Crippen molar-refractivity contribution >= 4 is 35.2 Å². The van der Waals surface area contributed by atoms with Crippen molar-refractivity contribution in [2.75, 3.05) is 18.2 Å². The molecule has 2 rings (SSSR count). The van der Waals surface area contributed by atoms with E-state index < -0.39 is 0 Å². The van der Waals surface area contributed by atoms with E-state index in [9.17, 15) is 9.59 Å². The highest BCUT2D eigenvalue weighted by molar-refractivity contribution is 8.00. The van der Waals surface area contributed by atoms with Crippen molar-refractivity contribution in [2.45, 2.75) is 6.54 Å². The Labute approximate surface area is 115 Å². The maximum Gasteiger partial charge on any atom is 0.239 e. The maximum absolute atomic E-state index is 11.7. The van der Waals surface area contributed by atoms with Gasteiger partial charge in [-0.15, -0.1) is 11.8 Å². The second-order valence-electron chi connectivity index (χ2n) is 3.94. The predicted molar refractivity (Wildman–Crippen MR) is 72.3 cm³/mol. The third-order valence-corrected chi connectivity index (χ3v) is 3.91. The summed E-state index contributed by atoms with van der Waals surface area (Å²) < 4.78 is 0. The van der Waals surface area contributed by atoms with Gasteiger partial charge in [0, 0.05) is 11.6 Å². The standard InChI is InChI=1S/C12H13ClN2O2S/c13-10-4-2-1-3-9(10)5-14-11(16)6-15-8-18-7-12(15)17/h1-4H,5-8H2,(H,14,16). The second-order valence-corrected chi connectivity index (χ2v) is 5.30. The van der Waals surface area contributed by atoms with E-state index in [1.165, 1.54) is 11.8 Å². The normalized spacial score (nSPS) is 14.9. The highest BCUT2D eigenvalue weighted by Gasteiger charge is 2.22. The van der Waals surface area contributed by atoms with Crippen LogP contribution in [0.2, 0.25) is 5.02 Å². The van der Waals surface area contributed by atoms with Crippen LogP contribution in [0.1, 0.15) is 5.56 Å². The molecule has 0 aromatic heterocycles. The number of rotatable bonds is 4. The fourth-order valence-corrected chi connectivity index (χ4v) is 2.71. The van der Waals surface area contributed by atoms with Gasteiger partial charge in [-0.3, -0.25) is 9.59 Å². The van der Waals surface area contributed by atoms with Crippen LogP contribution >= 0.6 is 23.4 Å². The maximum atomic E-state index is 11.7. The van der Waals surface area contributed by atoms with E-state index in [4.69, 9.17) is 11.6 Å². The number of amides is 2. The quantitative estimate of drug-likeness (QED) is 0.911.